The minimum Gasteiger partial charge on any atom is -0.497 e. The van der Waals surface area contributed by atoms with Crippen molar-refractivity contribution in [3.8, 4) is 16.3 Å². The first kappa shape index (κ1) is 19.4. The van der Waals surface area contributed by atoms with Gasteiger partial charge in [0.25, 0.3) is 0 Å². The number of nitrogens with one attached hydrogen (secondary N) is 2. The zero-order valence-corrected chi connectivity index (χ0v) is 16.8. The zero-order chi connectivity index (χ0) is 19.4. The highest BCUT2D eigenvalue weighted by Crippen LogP contribution is 2.27. The number of rotatable bonds is 7. The minimum absolute atomic E-state index is 0.0404. The maximum Gasteiger partial charge on any atom is 0.244 e. The number of ether oxygens (including phenoxy) is 1. The molecule has 11 heteroatoms. The first-order valence-electron chi connectivity index (χ1n) is 7.72. The molecule has 0 spiro atoms. The lowest BCUT2D eigenvalue weighted by atomic mass is 10.3. The van der Waals surface area contributed by atoms with E-state index in [4.69, 9.17) is 4.74 Å². The molecule has 2 heterocycles. The standard InChI is InChI=1S/C16H16N4O4S3/c1-10(20-27(22,23)13-5-3-12(24-2)4-6-13)14(21)17-16-19-18-15(26-16)11-7-8-25-9-11/h3-10,20H,1-2H3,(H,17,19,21)/t10-/m0/s1. The number of anilines is 1. The van der Waals surface area contributed by atoms with Crippen LogP contribution in [0.1, 0.15) is 6.92 Å². The van der Waals surface area contributed by atoms with E-state index in [9.17, 15) is 13.2 Å². The van der Waals surface area contributed by atoms with Gasteiger partial charge < -0.3 is 4.74 Å². The number of carbonyl (C=O) groups is 1. The average molecular weight is 425 g/mol. The van der Waals surface area contributed by atoms with E-state index in [1.54, 1.807) is 0 Å². The topological polar surface area (TPSA) is 110 Å². The van der Waals surface area contributed by atoms with Gasteiger partial charge in [0.15, 0.2) is 0 Å². The third-order valence-electron chi connectivity index (χ3n) is 3.52. The van der Waals surface area contributed by atoms with Gasteiger partial charge in [-0.3, -0.25) is 10.1 Å². The Morgan fingerprint density at radius 1 is 1.19 bits per heavy atom. The van der Waals surface area contributed by atoms with E-state index in [1.807, 2.05) is 16.8 Å². The molecular formula is C16H16N4O4S3. The molecule has 3 rings (SSSR count). The van der Waals surface area contributed by atoms with Crippen LogP contribution in [-0.4, -0.2) is 37.7 Å². The first-order chi connectivity index (χ1) is 12.9. The van der Waals surface area contributed by atoms with Gasteiger partial charge in [-0.05, 0) is 42.6 Å². The van der Waals surface area contributed by atoms with Gasteiger partial charge in [0.1, 0.15) is 10.8 Å². The van der Waals surface area contributed by atoms with Crippen LogP contribution in [0.15, 0.2) is 46.0 Å². The maximum atomic E-state index is 12.4. The van der Waals surface area contributed by atoms with Gasteiger partial charge in [0, 0.05) is 10.9 Å². The number of benzene rings is 1. The van der Waals surface area contributed by atoms with E-state index in [0.717, 1.165) is 5.56 Å². The third kappa shape index (κ3) is 4.69. The highest BCUT2D eigenvalue weighted by atomic mass is 32.2. The van der Waals surface area contributed by atoms with Gasteiger partial charge in [0.05, 0.1) is 18.0 Å². The summed E-state index contributed by atoms with van der Waals surface area (Å²) < 4.78 is 32.2. The highest BCUT2D eigenvalue weighted by molar-refractivity contribution is 7.89. The number of hydrogen-bond donors (Lipinski definition) is 2. The fourth-order valence-electron chi connectivity index (χ4n) is 2.10. The predicted molar refractivity (Wildman–Crippen MR) is 105 cm³/mol. The molecule has 0 aliphatic heterocycles. The van der Waals surface area contributed by atoms with E-state index in [-0.39, 0.29) is 4.90 Å². The van der Waals surface area contributed by atoms with Crippen LogP contribution in [0.2, 0.25) is 0 Å². The fraction of sp³-hybridized carbons (Fsp3) is 0.188. The lowest BCUT2D eigenvalue weighted by Gasteiger charge is -2.13. The summed E-state index contributed by atoms with van der Waals surface area (Å²) in [4.78, 5) is 12.3. The monoisotopic (exact) mass is 424 g/mol. The quantitative estimate of drug-likeness (QED) is 0.603. The first-order valence-corrected chi connectivity index (χ1v) is 11.0. The summed E-state index contributed by atoms with van der Waals surface area (Å²) in [6, 6.07) is 6.79. The van der Waals surface area contributed by atoms with Crippen molar-refractivity contribution >= 4 is 43.7 Å². The van der Waals surface area contributed by atoms with Crippen molar-refractivity contribution in [2.45, 2.75) is 17.9 Å². The summed E-state index contributed by atoms with van der Waals surface area (Å²) in [6.45, 7) is 1.46. The van der Waals surface area contributed by atoms with Crippen molar-refractivity contribution in [2.24, 2.45) is 0 Å². The minimum atomic E-state index is -3.85. The largest absolute Gasteiger partial charge is 0.497 e. The van der Waals surface area contributed by atoms with E-state index in [0.29, 0.717) is 15.9 Å². The summed E-state index contributed by atoms with van der Waals surface area (Å²) in [7, 11) is -2.36. The van der Waals surface area contributed by atoms with Crippen LogP contribution < -0.4 is 14.8 Å². The SMILES string of the molecule is COc1ccc(S(=O)(=O)N[C@@H](C)C(=O)Nc2nnc(-c3ccsc3)s2)cc1. The average Bonchev–Trinajstić information content (AvgIpc) is 3.33. The molecule has 2 aromatic heterocycles. The molecule has 27 heavy (non-hydrogen) atoms. The molecule has 1 amide bonds. The second kappa shape index (κ2) is 8.13. The summed E-state index contributed by atoms with van der Waals surface area (Å²) in [5, 5.41) is 15.3. The van der Waals surface area contributed by atoms with Crippen molar-refractivity contribution in [2.75, 3.05) is 12.4 Å². The summed E-state index contributed by atoms with van der Waals surface area (Å²) in [5.41, 5.74) is 0.922. The second-order valence-electron chi connectivity index (χ2n) is 5.43. The Morgan fingerprint density at radius 3 is 2.56 bits per heavy atom. The number of carbonyl (C=O) groups excluding carboxylic acids is 1. The molecule has 0 saturated heterocycles. The van der Waals surface area contributed by atoms with Gasteiger partial charge in [-0.2, -0.15) is 16.1 Å². The molecule has 0 aliphatic carbocycles. The Hall–Kier alpha value is -2.34. The number of nitrogens with zero attached hydrogens (tertiary/aromatic N) is 2. The Kier molecular flexibility index (Phi) is 5.85. The summed E-state index contributed by atoms with van der Waals surface area (Å²) in [5.74, 6) is 0.0116. The molecular weight excluding hydrogens is 408 g/mol. The molecule has 8 nitrogen and oxygen atoms in total. The Bertz CT molecular complexity index is 1010. The lowest BCUT2D eigenvalue weighted by Crippen LogP contribution is -2.41. The Labute approximate surface area is 164 Å². The molecule has 1 atom stereocenters. The molecule has 142 valence electrons. The number of amides is 1. The Balaban J connectivity index is 1.64. The van der Waals surface area contributed by atoms with E-state index < -0.39 is 22.0 Å². The highest BCUT2D eigenvalue weighted by Gasteiger charge is 2.23. The molecule has 3 aromatic rings. The van der Waals surface area contributed by atoms with Crippen molar-refractivity contribution in [3.05, 3.63) is 41.1 Å². The number of aromatic nitrogens is 2. The fourth-order valence-corrected chi connectivity index (χ4v) is 4.76. The molecule has 0 fully saturated rings. The Morgan fingerprint density at radius 2 is 1.93 bits per heavy atom. The van der Waals surface area contributed by atoms with Crippen LogP contribution in [0.25, 0.3) is 10.6 Å². The van der Waals surface area contributed by atoms with Crippen LogP contribution in [0, 0.1) is 0 Å². The summed E-state index contributed by atoms with van der Waals surface area (Å²) in [6.07, 6.45) is 0. The number of hydrogen-bond acceptors (Lipinski definition) is 8. The molecule has 0 saturated carbocycles. The van der Waals surface area contributed by atoms with Crippen molar-refractivity contribution in [3.63, 3.8) is 0 Å². The third-order valence-corrected chi connectivity index (χ3v) is 6.65. The smallest absolute Gasteiger partial charge is 0.244 e. The van der Waals surface area contributed by atoms with Crippen molar-refractivity contribution in [1.29, 1.82) is 0 Å². The number of thiophene rings is 1. The van der Waals surface area contributed by atoms with Crippen LogP contribution in [0.4, 0.5) is 5.13 Å². The van der Waals surface area contributed by atoms with E-state index in [1.165, 1.54) is 61.0 Å². The van der Waals surface area contributed by atoms with E-state index >= 15 is 0 Å². The van der Waals surface area contributed by atoms with E-state index in [2.05, 4.69) is 20.2 Å². The van der Waals surface area contributed by atoms with Crippen LogP contribution in [0.3, 0.4) is 0 Å². The molecule has 2 N–H and O–H groups in total. The van der Waals surface area contributed by atoms with Crippen molar-refractivity contribution in [1.82, 2.24) is 14.9 Å². The van der Waals surface area contributed by atoms with Gasteiger partial charge in [-0.25, -0.2) is 8.42 Å². The van der Waals surface area contributed by atoms with Crippen molar-refractivity contribution < 1.29 is 17.9 Å². The molecule has 1 aromatic carbocycles. The molecule has 0 unspecified atom stereocenters. The van der Waals surface area contributed by atoms with Gasteiger partial charge >= 0.3 is 0 Å². The van der Waals surface area contributed by atoms with Gasteiger partial charge in [-0.15, -0.1) is 10.2 Å². The van der Waals surface area contributed by atoms with Gasteiger partial charge in [0.2, 0.25) is 21.1 Å². The van der Waals surface area contributed by atoms with Crippen LogP contribution in [0.5, 0.6) is 5.75 Å². The normalized spacial score (nSPS) is 12.5. The number of sulfonamides is 1. The number of methoxy groups -OCH3 is 1. The van der Waals surface area contributed by atoms with Gasteiger partial charge in [-0.1, -0.05) is 11.3 Å². The van der Waals surface area contributed by atoms with Crippen LogP contribution >= 0.6 is 22.7 Å². The molecule has 0 radical (unpaired) electrons. The molecule has 0 aliphatic rings. The lowest BCUT2D eigenvalue weighted by molar-refractivity contribution is -0.117. The second-order valence-corrected chi connectivity index (χ2v) is 8.90. The zero-order valence-electron chi connectivity index (χ0n) is 14.4. The molecule has 0 bridgehead atoms. The predicted octanol–water partition coefficient (Wildman–Crippen LogP) is 2.58. The summed E-state index contributed by atoms with van der Waals surface area (Å²) >= 11 is 2.75. The van der Waals surface area contributed by atoms with Crippen LogP contribution in [-0.2, 0) is 14.8 Å². The maximum absolute atomic E-state index is 12.4.